The van der Waals surface area contributed by atoms with Crippen molar-refractivity contribution in [3.05, 3.63) is 70.8 Å². The van der Waals surface area contributed by atoms with E-state index in [9.17, 15) is 27.2 Å². The molecule has 29 heavy (non-hydrogen) atoms. The normalized spacial score (nSPS) is 11.9. The maximum atomic E-state index is 14.2. The molecule has 0 fully saturated rings. The van der Waals surface area contributed by atoms with Gasteiger partial charge in [0, 0.05) is 18.7 Å². The van der Waals surface area contributed by atoms with Gasteiger partial charge in [-0.25, -0.2) is 17.6 Å². The zero-order valence-electron chi connectivity index (χ0n) is 16.4. The number of halogens is 4. The molecule has 2 aromatic carbocycles. The van der Waals surface area contributed by atoms with E-state index in [4.69, 9.17) is 0 Å². The standard InChI is InChI=1S/C22H23F4NO2/c1-3-5-6-14(4-2)13-27(21(28)17-9-7-15(23)11-19(17)25)22(29)18-10-8-16(24)12-20(18)26/h7-12,14H,3-6,13H2,1-2H3. The minimum atomic E-state index is -1.12. The van der Waals surface area contributed by atoms with E-state index in [0.717, 1.165) is 48.4 Å². The summed E-state index contributed by atoms with van der Waals surface area (Å²) in [4.78, 5) is 26.6. The highest BCUT2D eigenvalue weighted by atomic mass is 19.1. The van der Waals surface area contributed by atoms with E-state index >= 15 is 0 Å². The Labute approximate surface area is 167 Å². The summed E-state index contributed by atoms with van der Waals surface area (Å²) in [6.07, 6.45) is 3.15. The molecule has 156 valence electrons. The second-order valence-electron chi connectivity index (χ2n) is 6.89. The van der Waals surface area contributed by atoms with Gasteiger partial charge in [-0.1, -0.05) is 33.1 Å². The van der Waals surface area contributed by atoms with Crippen molar-refractivity contribution in [1.82, 2.24) is 4.90 Å². The van der Waals surface area contributed by atoms with E-state index < -0.39 is 46.2 Å². The van der Waals surface area contributed by atoms with Gasteiger partial charge in [-0.2, -0.15) is 0 Å². The molecular weight excluding hydrogens is 386 g/mol. The lowest BCUT2D eigenvalue weighted by atomic mass is 9.97. The van der Waals surface area contributed by atoms with Gasteiger partial charge in [0.05, 0.1) is 11.1 Å². The Hall–Kier alpha value is -2.70. The van der Waals surface area contributed by atoms with Crippen LogP contribution in [-0.2, 0) is 0 Å². The largest absolute Gasteiger partial charge is 0.274 e. The van der Waals surface area contributed by atoms with Crippen LogP contribution in [0.25, 0.3) is 0 Å². The Bertz CT molecular complexity index is 822. The number of carbonyl (C=O) groups is 2. The predicted octanol–water partition coefficient (Wildman–Crippen LogP) is 5.74. The van der Waals surface area contributed by atoms with Crippen molar-refractivity contribution in [1.29, 1.82) is 0 Å². The molecule has 0 saturated carbocycles. The van der Waals surface area contributed by atoms with E-state index in [1.165, 1.54) is 0 Å². The fourth-order valence-electron chi connectivity index (χ4n) is 3.05. The Morgan fingerprint density at radius 3 is 1.72 bits per heavy atom. The highest BCUT2D eigenvalue weighted by Gasteiger charge is 2.30. The smallest absolute Gasteiger partial charge is 0.263 e. The monoisotopic (exact) mass is 409 g/mol. The lowest BCUT2D eigenvalue weighted by Gasteiger charge is -2.26. The molecule has 3 nitrogen and oxygen atoms in total. The number of benzene rings is 2. The Kier molecular flexibility index (Phi) is 7.93. The van der Waals surface area contributed by atoms with Crippen molar-refractivity contribution in [2.75, 3.05) is 6.54 Å². The summed E-state index contributed by atoms with van der Waals surface area (Å²) in [7, 11) is 0. The second-order valence-corrected chi connectivity index (χ2v) is 6.89. The van der Waals surface area contributed by atoms with Gasteiger partial charge < -0.3 is 0 Å². The van der Waals surface area contributed by atoms with Crippen molar-refractivity contribution in [3.63, 3.8) is 0 Å². The first-order valence-corrected chi connectivity index (χ1v) is 9.54. The van der Waals surface area contributed by atoms with Gasteiger partial charge in [0.25, 0.3) is 11.8 Å². The molecule has 1 atom stereocenters. The molecule has 0 bridgehead atoms. The van der Waals surface area contributed by atoms with Gasteiger partial charge in [0.1, 0.15) is 23.3 Å². The lowest BCUT2D eigenvalue weighted by Crippen LogP contribution is -2.41. The topological polar surface area (TPSA) is 37.4 Å². The SMILES string of the molecule is CCCCC(CC)CN(C(=O)c1ccc(F)cc1F)C(=O)c1ccc(F)cc1F. The molecule has 0 radical (unpaired) electrons. The van der Waals surface area contributed by atoms with Crippen LogP contribution in [0.5, 0.6) is 0 Å². The molecule has 0 aliphatic carbocycles. The van der Waals surface area contributed by atoms with E-state index in [1.807, 2.05) is 13.8 Å². The lowest BCUT2D eigenvalue weighted by molar-refractivity contribution is 0.0580. The summed E-state index contributed by atoms with van der Waals surface area (Å²) < 4.78 is 54.7. The molecule has 0 heterocycles. The predicted molar refractivity (Wildman–Crippen MR) is 101 cm³/mol. The third-order valence-electron chi connectivity index (χ3n) is 4.80. The quantitative estimate of drug-likeness (QED) is 0.412. The van der Waals surface area contributed by atoms with Crippen LogP contribution in [0.1, 0.15) is 60.2 Å². The van der Waals surface area contributed by atoms with Gasteiger partial charge in [-0.15, -0.1) is 0 Å². The van der Waals surface area contributed by atoms with E-state index in [2.05, 4.69) is 0 Å². The van der Waals surface area contributed by atoms with Crippen molar-refractivity contribution in [2.24, 2.45) is 5.92 Å². The fraction of sp³-hybridized carbons (Fsp3) is 0.364. The van der Waals surface area contributed by atoms with Gasteiger partial charge in [0.2, 0.25) is 0 Å². The van der Waals surface area contributed by atoms with Gasteiger partial charge in [-0.05, 0) is 36.6 Å². The molecule has 2 aromatic rings. The third kappa shape index (κ3) is 5.65. The van der Waals surface area contributed by atoms with Crippen LogP contribution in [0, 0.1) is 29.2 Å². The minimum Gasteiger partial charge on any atom is -0.274 e. The van der Waals surface area contributed by atoms with E-state index in [1.54, 1.807) is 0 Å². The number of rotatable bonds is 8. The van der Waals surface area contributed by atoms with Crippen LogP contribution in [0.15, 0.2) is 36.4 Å². The fourth-order valence-corrected chi connectivity index (χ4v) is 3.05. The molecule has 0 spiro atoms. The highest BCUT2D eigenvalue weighted by Crippen LogP contribution is 2.21. The van der Waals surface area contributed by atoms with Crippen LogP contribution >= 0.6 is 0 Å². The number of imide groups is 1. The first-order chi connectivity index (χ1) is 13.8. The molecule has 1 unspecified atom stereocenters. The molecule has 0 aliphatic rings. The Morgan fingerprint density at radius 1 is 0.862 bits per heavy atom. The summed E-state index contributed by atoms with van der Waals surface area (Å²) in [5, 5.41) is 0. The zero-order chi connectivity index (χ0) is 21.6. The first kappa shape index (κ1) is 22.6. The molecule has 0 aliphatic heterocycles. The summed E-state index contributed by atoms with van der Waals surface area (Å²) in [5.74, 6) is -6.03. The third-order valence-corrected chi connectivity index (χ3v) is 4.80. The van der Waals surface area contributed by atoms with Crippen LogP contribution in [0.4, 0.5) is 17.6 Å². The Morgan fingerprint density at radius 2 is 1.34 bits per heavy atom. The van der Waals surface area contributed by atoms with Gasteiger partial charge in [-0.3, -0.25) is 14.5 Å². The van der Waals surface area contributed by atoms with Crippen molar-refractivity contribution < 1.29 is 27.2 Å². The molecule has 2 amide bonds. The number of unbranched alkanes of at least 4 members (excludes halogenated alkanes) is 1. The maximum absolute atomic E-state index is 14.2. The number of hydrogen-bond acceptors (Lipinski definition) is 2. The first-order valence-electron chi connectivity index (χ1n) is 9.54. The number of nitrogens with zero attached hydrogens (tertiary/aromatic N) is 1. The van der Waals surface area contributed by atoms with Crippen LogP contribution in [-0.4, -0.2) is 23.3 Å². The Balaban J connectivity index is 2.43. The molecule has 2 rings (SSSR count). The zero-order valence-corrected chi connectivity index (χ0v) is 16.4. The summed E-state index contributed by atoms with van der Waals surface area (Å²) >= 11 is 0. The second kappa shape index (κ2) is 10.2. The maximum Gasteiger partial charge on any atom is 0.263 e. The highest BCUT2D eigenvalue weighted by molar-refractivity contribution is 6.10. The molecular formula is C22H23F4NO2. The van der Waals surface area contributed by atoms with E-state index in [0.29, 0.717) is 18.6 Å². The summed E-state index contributed by atoms with van der Waals surface area (Å²) in [6, 6.07) is 4.80. The van der Waals surface area contributed by atoms with E-state index in [-0.39, 0.29) is 12.5 Å². The average Bonchev–Trinajstić information content (AvgIpc) is 2.67. The molecule has 7 heteroatoms. The molecule has 0 N–H and O–H groups in total. The van der Waals surface area contributed by atoms with Crippen LogP contribution < -0.4 is 0 Å². The van der Waals surface area contributed by atoms with Gasteiger partial charge in [0.15, 0.2) is 0 Å². The van der Waals surface area contributed by atoms with Crippen molar-refractivity contribution in [3.8, 4) is 0 Å². The number of hydrogen-bond donors (Lipinski definition) is 0. The average molecular weight is 409 g/mol. The number of carbonyl (C=O) groups excluding carboxylic acids is 2. The molecule has 0 aromatic heterocycles. The van der Waals surface area contributed by atoms with Crippen molar-refractivity contribution in [2.45, 2.75) is 39.5 Å². The molecule has 0 saturated heterocycles. The minimum absolute atomic E-state index is 0.0538. The van der Waals surface area contributed by atoms with Crippen molar-refractivity contribution >= 4 is 11.8 Å². The van der Waals surface area contributed by atoms with Crippen LogP contribution in [0.3, 0.4) is 0 Å². The number of amides is 2. The summed E-state index contributed by atoms with van der Waals surface area (Å²) in [5.41, 5.74) is -0.986. The van der Waals surface area contributed by atoms with Gasteiger partial charge >= 0.3 is 0 Å². The van der Waals surface area contributed by atoms with Crippen LogP contribution in [0.2, 0.25) is 0 Å². The summed E-state index contributed by atoms with van der Waals surface area (Å²) in [6.45, 7) is 3.84.